The lowest BCUT2D eigenvalue weighted by molar-refractivity contribution is -0.645. The van der Waals surface area contributed by atoms with Crippen molar-refractivity contribution in [2.75, 3.05) is 5.75 Å². The summed E-state index contributed by atoms with van der Waals surface area (Å²) in [5, 5.41) is 14.9. The molecular formula is C20H19NO2S. The van der Waals surface area contributed by atoms with E-state index in [0.717, 1.165) is 28.4 Å². The lowest BCUT2D eigenvalue weighted by Gasteiger charge is -2.14. The first-order chi connectivity index (χ1) is 11.8. The van der Waals surface area contributed by atoms with Crippen LogP contribution in [-0.2, 0) is 4.74 Å². The molecule has 3 nitrogen and oxygen atoms in total. The van der Waals surface area contributed by atoms with E-state index in [-0.39, 0.29) is 12.2 Å². The molecule has 0 bridgehead atoms. The van der Waals surface area contributed by atoms with E-state index >= 15 is 0 Å². The summed E-state index contributed by atoms with van der Waals surface area (Å²) in [5.74, 6) is 0.816. The van der Waals surface area contributed by atoms with Crippen LogP contribution in [0.25, 0.3) is 10.8 Å². The van der Waals surface area contributed by atoms with E-state index in [2.05, 4.69) is 42.5 Å². The number of pyridine rings is 1. The van der Waals surface area contributed by atoms with Crippen molar-refractivity contribution in [1.29, 1.82) is 0 Å². The SMILES string of the molecule is [O-][n+]1ccccc1SC[C@H]1CC[C@@H](c2ccc3ccccc3c2)O1. The number of benzene rings is 2. The van der Waals surface area contributed by atoms with Crippen molar-refractivity contribution in [3.05, 3.63) is 77.6 Å². The first kappa shape index (κ1) is 15.5. The standard InChI is InChI=1S/C20H19NO2S/c22-21-12-4-3-7-20(21)24-14-18-10-11-19(23-18)17-9-8-15-5-1-2-6-16(15)13-17/h1-9,12-13,18-19H,10-11,14H2/t18-,19+/m1/s1. The summed E-state index contributed by atoms with van der Waals surface area (Å²) in [4.78, 5) is 0. The normalized spacial score (nSPS) is 20.5. The molecule has 0 saturated carbocycles. The van der Waals surface area contributed by atoms with Gasteiger partial charge in [0.2, 0.25) is 0 Å². The van der Waals surface area contributed by atoms with Crippen LogP contribution in [-0.4, -0.2) is 11.9 Å². The Morgan fingerprint density at radius 2 is 1.83 bits per heavy atom. The first-order valence-electron chi connectivity index (χ1n) is 8.25. The van der Waals surface area contributed by atoms with Crippen LogP contribution in [0.2, 0.25) is 0 Å². The maximum atomic E-state index is 11.7. The molecule has 0 radical (unpaired) electrons. The van der Waals surface area contributed by atoms with Crippen LogP contribution in [0.1, 0.15) is 24.5 Å². The van der Waals surface area contributed by atoms with Gasteiger partial charge in [0, 0.05) is 17.9 Å². The van der Waals surface area contributed by atoms with Gasteiger partial charge in [0.1, 0.15) is 0 Å². The second-order valence-corrected chi connectivity index (χ2v) is 7.15. The highest BCUT2D eigenvalue weighted by Gasteiger charge is 2.27. The Hall–Kier alpha value is -2.04. The molecule has 1 aromatic heterocycles. The highest BCUT2D eigenvalue weighted by molar-refractivity contribution is 7.99. The predicted octanol–water partition coefficient (Wildman–Crippen LogP) is 4.49. The largest absolute Gasteiger partial charge is 0.618 e. The predicted molar refractivity (Wildman–Crippen MR) is 96.9 cm³/mol. The van der Waals surface area contributed by atoms with Gasteiger partial charge >= 0.3 is 0 Å². The molecule has 1 fully saturated rings. The van der Waals surface area contributed by atoms with Crippen molar-refractivity contribution in [2.45, 2.75) is 30.1 Å². The third kappa shape index (κ3) is 3.25. The van der Waals surface area contributed by atoms with E-state index in [0.29, 0.717) is 0 Å². The van der Waals surface area contributed by atoms with Crippen molar-refractivity contribution < 1.29 is 9.47 Å². The van der Waals surface area contributed by atoms with Gasteiger partial charge in [-0.1, -0.05) is 48.2 Å². The molecule has 24 heavy (non-hydrogen) atoms. The summed E-state index contributed by atoms with van der Waals surface area (Å²) < 4.78 is 7.14. The van der Waals surface area contributed by atoms with Crippen molar-refractivity contribution in [3.8, 4) is 0 Å². The van der Waals surface area contributed by atoms with E-state index in [9.17, 15) is 5.21 Å². The summed E-state index contributed by atoms with van der Waals surface area (Å²) in [6.07, 6.45) is 3.98. The monoisotopic (exact) mass is 337 g/mol. The minimum atomic E-state index is 0.162. The average Bonchev–Trinajstić information content (AvgIpc) is 3.10. The van der Waals surface area contributed by atoms with Crippen LogP contribution in [0.3, 0.4) is 0 Å². The average molecular weight is 337 g/mol. The first-order valence-corrected chi connectivity index (χ1v) is 9.23. The lowest BCUT2D eigenvalue weighted by atomic mass is 10.0. The summed E-state index contributed by atoms with van der Waals surface area (Å²) >= 11 is 1.57. The number of thioether (sulfide) groups is 1. The second kappa shape index (κ2) is 6.83. The zero-order valence-electron chi connectivity index (χ0n) is 13.3. The molecule has 4 rings (SSSR count). The van der Waals surface area contributed by atoms with Gasteiger partial charge < -0.3 is 9.94 Å². The number of nitrogens with zero attached hydrogens (tertiary/aromatic N) is 1. The number of fused-ring (bicyclic) bond motifs is 1. The van der Waals surface area contributed by atoms with Gasteiger partial charge in [-0.2, -0.15) is 4.73 Å². The summed E-state index contributed by atoms with van der Waals surface area (Å²) in [6.45, 7) is 0. The third-order valence-corrected chi connectivity index (χ3v) is 5.61. The fraction of sp³-hybridized carbons (Fsp3) is 0.250. The van der Waals surface area contributed by atoms with Gasteiger partial charge in [0.15, 0.2) is 6.20 Å². The van der Waals surface area contributed by atoms with Gasteiger partial charge in [0.05, 0.1) is 12.2 Å². The maximum Gasteiger partial charge on any atom is 0.251 e. The lowest BCUT2D eigenvalue weighted by Crippen LogP contribution is -2.28. The fourth-order valence-electron chi connectivity index (χ4n) is 3.18. The molecule has 1 saturated heterocycles. The topological polar surface area (TPSA) is 36.2 Å². The number of hydrogen-bond acceptors (Lipinski definition) is 3. The minimum Gasteiger partial charge on any atom is -0.618 e. The Morgan fingerprint density at radius 3 is 2.71 bits per heavy atom. The molecule has 0 spiro atoms. The van der Waals surface area contributed by atoms with E-state index in [1.54, 1.807) is 17.8 Å². The molecule has 2 heterocycles. The van der Waals surface area contributed by atoms with E-state index < -0.39 is 0 Å². The Morgan fingerprint density at radius 1 is 1.00 bits per heavy atom. The van der Waals surface area contributed by atoms with Crippen molar-refractivity contribution in [3.63, 3.8) is 0 Å². The highest BCUT2D eigenvalue weighted by Crippen LogP contribution is 2.35. The molecule has 1 aliphatic rings. The fourth-order valence-corrected chi connectivity index (χ4v) is 4.15. The van der Waals surface area contributed by atoms with Crippen LogP contribution in [0.4, 0.5) is 0 Å². The molecule has 4 heteroatoms. The van der Waals surface area contributed by atoms with Gasteiger partial charge in [-0.25, -0.2) is 0 Å². The van der Waals surface area contributed by atoms with Crippen LogP contribution in [0.15, 0.2) is 71.9 Å². The molecule has 0 amide bonds. The highest BCUT2D eigenvalue weighted by atomic mass is 32.2. The van der Waals surface area contributed by atoms with Gasteiger partial charge in [0.25, 0.3) is 5.03 Å². The Bertz CT molecular complexity index is 852. The third-order valence-electron chi connectivity index (χ3n) is 4.46. The van der Waals surface area contributed by atoms with Crippen molar-refractivity contribution in [1.82, 2.24) is 0 Å². The van der Waals surface area contributed by atoms with Crippen LogP contribution in [0.5, 0.6) is 0 Å². The van der Waals surface area contributed by atoms with Crippen LogP contribution >= 0.6 is 11.8 Å². The summed E-state index contributed by atoms with van der Waals surface area (Å²) in [6, 6.07) is 20.5. The molecular weight excluding hydrogens is 318 g/mol. The Balaban J connectivity index is 1.41. The molecule has 3 aromatic rings. The molecule has 0 N–H and O–H groups in total. The minimum absolute atomic E-state index is 0.162. The van der Waals surface area contributed by atoms with E-state index in [4.69, 9.17) is 4.74 Å². The second-order valence-electron chi connectivity index (χ2n) is 6.11. The quantitative estimate of drug-likeness (QED) is 0.400. The van der Waals surface area contributed by atoms with Crippen LogP contribution < -0.4 is 4.73 Å². The van der Waals surface area contributed by atoms with Crippen LogP contribution in [0, 0.1) is 5.21 Å². The number of aromatic nitrogens is 1. The molecule has 2 atom stereocenters. The number of ether oxygens (including phenoxy) is 1. The zero-order valence-corrected chi connectivity index (χ0v) is 14.1. The molecule has 2 aromatic carbocycles. The Kier molecular flexibility index (Phi) is 4.41. The maximum absolute atomic E-state index is 11.7. The number of hydrogen-bond donors (Lipinski definition) is 0. The van der Waals surface area contributed by atoms with Gasteiger partial charge in [-0.3, -0.25) is 0 Å². The van der Waals surface area contributed by atoms with Crippen molar-refractivity contribution >= 4 is 22.5 Å². The summed E-state index contributed by atoms with van der Waals surface area (Å²) in [7, 11) is 0. The zero-order chi connectivity index (χ0) is 16.4. The smallest absolute Gasteiger partial charge is 0.251 e. The van der Waals surface area contributed by atoms with Gasteiger partial charge in [-0.05, 0) is 41.3 Å². The molecule has 1 aliphatic heterocycles. The molecule has 122 valence electrons. The van der Waals surface area contributed by atoms with Crippen molar-refractivity contribution in [2.24, 2.45) is 0 Å². The van der Waals surface area contributed by atoms with E-state index in [1.807, 2.05) is 12.1 Å². The Labute approximate surface area is 145 Å². The molecule has 0 unspecified atom stereocenters. The molecule has 0 aliphatic carbocycles. The van der Waals surface area contributed by atoms with E-state index in [1.165, 1.54) is 22.5 Å². The number of rotatable bonds is 4. The summed E-state index contributed by atoms with van der Waals surface area (Å²) in [5.41, 5.74) is 1.25. The van der Waals surface area contributed by atoms with Gasteiger partial charge in [-0.15, -0.1) is 0 Å².